The molecule has 0 spiro atoms. The molecule has 1 aromatic rings. The molecule has 0 unspecified atom stereocenters. The van der Waals surface area contributed by atoms with Gasteiger partial charge < -0.3 is 24.2 Å². The Labute approximate surface area is 142 Å². The van der Waals surface area contributed by atoms with Crippen LogP contribution in [0.5, 0.6) is 17.2 Å². The highest BCUT2D eigenvalue weighted by Gasteiger charge is 2.19. The van der Waals surface area contributed by atoms with E-state index in [-0.39, 0.29) is 6.42 Å². The molecule has 0 amide bonds. The zero-order valence-corrected chi connectivity index (χ0v) is 14.6. The van der Waals surface area contributed by atoms with E-state index in [1.807, 2.05) is 12.1 Å². The van der Waals surface area contributed by atoms with Crippen molar-refractivity contribution in [1.82, 2.24) is 9.80 Å². The summed E-state index contributed by atoms with van der Waals surface area (Å²) in [5.41, 5.74) is 1.10. The second kappa shape index (κ2) is 8.75. The van der Waals surface area contributed by atoms with Gasteiger partial charge in [0.25, 0.3) is 0 Å². The molecular formula is C17H26N2O5. The zero-order chi connectivity index (χ0) is 17.5. The smallest absolute Gasteiger partial charge is 0.304 e. The van der Waals surface area contributed by atoms with Gasteiger partial charge in [-0.15, -0.1) is 0 Å². The number of nitrogens with zero attached hydrogens (tertiary/aromatic N) is 2. The van der Waals surface area contributed by atoms with Crippen LogP contribution < -0.4 is 14.2 Å². The van der Waals surface area contributed by atoms with Crippen LogP contribution in [0.2, 0.25) is 0 Å². The molecule has 1 aromatic carbocycles. The van der Waals surface area contributed by atoms with E-state index >= 15 is 0 Å². The minimum Gasteiger partial charge on any atom is -0.493 e. The van der Waals surface area contributed by atoms with E-state index in [0.29, 0.717) is 23.8 Å². The van der Waals surface area contributed by atoms with Gasteiger partial charge in [-0.25, -0.2) is 0 Å². The monoisotopic (exact) mass is 338 g/mol. The summed E-state index contributed by atoms with van der Waals surface area (Å²) in [5.74, 6) is 1.18. The van der Waals surface area contributed by atoms with Crippen molar-refractivity contribution in [2.45, 2.75) is 13.0 Å². The highest BCUT2D eigenvalue weighted by molar-refractivity contribution is 5.66. The van der Waals surface area contributed by atoms with Crippen LogP contribution in [0.25, 0.3) is 0 Å². The molecule has 0 bridgehead atoms. The topological polar surface area (TPSA) is 71.5 Å². The Morgan fingerprint density at radius 3 is 2.00 bits per heavy atom. The summed E-state index contributed by atoms with van der Waals surface area (Å²) in [6.45, 7) is 5.01. The highest BCUT2D eigenvalue weighted by Crippen LogP contribution is 2.38. The Morgan fingerprint density at radius 2 is 1.54 bits per heavy atom. The van der Waals surface area contributed by atoms with Crippen LogP contribution in [-0.2, 0) is 11.3 Å². The van der Waals surface area contributed by atoms with E-state index in [0.717, 1.165) is 38.3 Å². The third kappa shape index (κ3) is 4.75. The number of piperazine rings is 1. The molecular weight excluding hydrogens is 312 g/mol. The SMILES string of the molecule is COc1cc(CN2CCN(CCC(=O)O)CC2)cc(OC)c1OC. The van der Waals surface area contributed by atoms with Gasteiger partial charge in [0.1, 0.15) is 0 Å². The standard InChI is InChI=1S/C17H26N2O5/c1-22-14-10-13(11-15(23-2)17(14)24-3)12-19-8-6-18(7-9-19)5-4-16(20)21/h10-11H,4-9,12H2,1-3H3,(H,20,21). The number of benzene rings is 1. The molecule has 0 saturated carbocycles. The lowest BCUT2D eigenvalue weighted by atomic mass is 10.1. The molecule has 0 radical (unpaired) electrons. The van der Waals surface area contributed by atoms with Crippen LogP contribution in [0.1, 0.15) is 12.0 Å². The predicted molar refractivity (Wildman–Crippen MR) is 90.1 cm³/mol. The highest BCUT2D eigenvalue weighted by atomic mass is 16.5. The first-order chi connectivity index (χ1) is 11.6. The van der Waals surface area contributed by atoms with Crippen LogP contribution in [0.4, 0.5) is 0 Å². The first-order valence-electron chi connectivity index (χ1n) is 8.02. The Morgan fingerprint density at radius 1 is 1.00 bits per heavy atom. The van der Waals surface area contributed by atoms with Crippen LogP contribution in [0.15, 0.2) is 12.1 Å². The fraction of sp³-hybridized carbons (Fsp3) is 0.588. The lowest BCUT2D eigenvalue weighted by molar-refractivity contribution is -0.137. The maximum absolute atomic E-state index is 10.6. The maximum Gasteiger partial charge on any atom is 0.304 e. The fourth-order valence-electron chi connectivity index (χ4n) is 2.91. The van der Waals surface area contributed by atoms with E-state index in [9.17, 15) is 4.79 Å². The molecule has 0 aromatic heterocycles. The number of aliphatic carboxylic acids is 1. The molecule has 7 nitrogen and oxygen atoms in total. The number of hydrogen-bond acceptors (Lipinski definition) is 6. The predicted octanol–water partition coefficient (Wildman–Crippen LogP) is 1.30. The average molecular weight is 338 g/mol. The summed E-state index contributed by atoms with van der Waals surface area (Å²) in [5, 5.41) is 8.76. The van der Waals surface area contributed by atoms with Crippen molar-refractivity contribution in [3.05, 3.63) is 17.7 Å². The van der Waals surface area contributed by atoms with Gasteiger partial charge in [0, 0.05) is 39.3 Å². The van der Waals surface area contributed by atoms with Crippen molar-refractivity contribution in [2.24, 2.45) is 0 Å². The van der Waals surface area contributed by atoms with Crippen molar-refractivity contribution in [3.63, 3.8) is 0 Å². The van der Waals surface area contributed by atoms with Crippen molar-refractivity contribution in [2.75, 3.05) is 54.1 Å². The summed E-state index contributed by atoms with van der Waals surface area (Å²) in [6, 6.07) is 3.94. The molecule has 2 rings (SSSR count). The van der Waals surface area contributed by atoms with Gasteiger partial charge in [-0.1, -0.05) is 0 Å². The molecule has 24 heavy (non-hydrogen) atoms. The second-order valence-electron chi connectivity index (χ2n) is 5.80. The Hall–Kier alpha value is -1.99. The summed E-state index contributed by atoms with van der Waals surface area (Å²) >= 11 is 0. The number of rotatable bonds is 8. The first kappa shape index (κ1) is 18.4. The molecule has 1 N–H and O–H groups in total. The quantitative estimate of drug-likeness (QED) is 0.766. The molecule has 7 heteroatoms. The van der Waals surface area contributed by atoms with Gasteiger partial charge in [0.05, 0.1) is 27.8 Å². The third-order valence-electron chi connectivity index (χ3n) is 4.24. The number of methoxy groups -OCH3 is 3. The van der Waals surface area contributed by atoms with Crippen LogP contribution in [0, 0.1) is 0 Å². The summed E-state index contributed by atoms with van der Waals surface area (Å²) in [6.07, 6.45) is 0.201. The molecule has 0 aliphatic carbocycles. The van der Waals surface area contributed by atoms with Crippen molar-refractivity contribution in [1.29, 1.82) is 0 Å². The van der Waals surface area contributed by atoms with E-state index in [1.54, 1.807) is 21.3 Å². The molecule has 1 aliphatic heterocycles. The Balaban J connectivity index is 1.96. The van der Waals surface area contributed by atoms with Gasteiger partial charge in [-0.3, -0.25) is 9.69 Å². The van der Waals surface area contributed by atoms with Crippen molar-refractivity contribution < 1.29 is 24.1 Å². The number of carbonyl (C=O) groups is 1. The van der Waals surface area contributed by atoms with Gasteiger partial charge in [-0.05, 0) is 17.7 Å². The van der Waals surface area contributed by atoms with Gasteiger partial charge in [0.2, 0.25) is 5.75 Å². The lowest BCUT2D eigenvalue weighted by Crippen LogP contribution is -2.46. The van der Waals surface area contributed by atoms with Crippen LogP contribution >= 0.6 is 0 Å². The fourth-order valence-corrected chi connectivity index (χ4v) is 2.91. The molecule has 1 heterocycles. The third-order valence-corrected chi connectivity index (χ3v) is 4.24. The van der Waals surface area contributed by atoms with Crippen molar-refractivity contribution in [3.8, 4) is 17.2 Å². The summed E-state index contributed by atoms with van der Waals surface area (Å²) < 4.78 is 16.1. The number of carboxylic acids is 1. The molecule has 1 aliphatic rings. The zero-order valence-electron chi connectivity index (χ0n) is 14.6. The van der Waals surface area contributed by atoms with Gasteiger partial charge in [0.15, 0.2) is 11.5 Å². The second-order valence-corrected chi connectivity index (χ2v) is 5.80. The summed E-state index contributed by atoms with van der Waals surface area (Å²) in [4.78, 5) is 15.2. The van der Waals surface area contributed by atoms with Crippen LogP contribution in [-0.4, -0.2) is 74.9 Å². The Bertz CT molecular complexity index is 531. The van der Waals surface area contributed by atoms with E-state index < -0.39 is 5.97 Å². The van der Waals surface area contributed by atoms with E-state index in [2.05, 4.69) is 9.80 Å². The number of hydrogen-bond donors (Lipinski definition) is 1. The van der Waals surface area contributed by atoms with Crippen molar-refractivity contribution >= 4 is 5.97 Å². The summed E-state index contributed by atoms with van der Waals surface area (Å²) in [7, 11) is 4.82. The minimum absolute atomic E-state index is 0.201. The minimum atomic E-state index is -0.741. The normalized spacial score (nSPS) is 16.0. The molecule has 0 atom stereocenters. The molecule has 1 saturated heterocycles. The largest absolute Gasteiger partial charge is 0.493 e. The number of carboxylic acid groups (broad SMARTS) is 1. The van der Waals surface area contributed by atoms with Crippen LogP contribution in [0.3, 0.4) is 0 Å². The van der Waals surface area contributed by atoms with Gasteiger partial charge in [-0.2, -0.15) is 0 Å². The van der Waals surface area contributed by atoms with E-state index in [1.165, 1.54) is 0 Å². The molecule has 1 fully saturated rings. The Kier molecular flexibility index (Phi) is 6.69. The lowest BCUT2D eigenvalue weighted by Gasteiger charge is -2.34. The number of ether oxygens (including phenoxy) is 3. The average Bonchev–Trinajstić information content (AvgIpc) is 2.60. The first-order valence-corrected chi connectivity index (χ1v) is 8.02. The maximum atomic E-state index is 10.6. The van der Waals surface area contributed by atoms with Gasteiger partial charge >= 0.3 is 5.97 Å². The molecule has 134 valence electrons. The van der Waals surface area contributed by atoms with E-state index in [4.69, 9.17) is 19.3 Å².